The zero-order valence-corrected chi connectivity index (χ0v) is 11.9. The van der Waals surface area contributed by atoms with Crippen LogP contribution in [0, 0.1) is 0 Å². The van der Waals surface area contributed by atoms with Crippen molar-refractivity contribution in [3.8, 4) is 0 Å². The Hall–Kier alpha value is -2.47. The van der Waals surface area contributed by atoms with Crippen LogP contribution in [0.4, 0.5) is 0 Å². The zero-order valence-electron chi connectivity index (χ0n) is 11.9. The molecule has 1 aromatic carbocycles. The molecule has 0 radical (unpaired) electrons. The molecule has 6 nitrogen and oxygen atoms in total. The number of nitrogens with zero attached hydrogens (tertiary/aromatic N) is 1. The number of carbonyl (C=O) groups excluding carboxylic acids is 1. The Bertz CT molecular complexity index is 718. The largest absolute Gasteiger partial charge is 0.480 e. The quantitative estimate of drug-likeness (QED) is 0.899. The average Bonchev–Trinajstić information content (AvgIpc) is 2.55. The number of aliphatic carboxylic acids is 1. The molecule has 3 rings (SSSR count). The van der Waals surface area contributed by atoms with E-state index < -0.39 is 17.4 Å². The van der Waals surface area contributed by atoms with Crippen molar-refractivity contribution >= 4 is 22.6 Å². The van der Waals surface area contributed by atoms with E-state index >= 15 is 0 Å². The standard InChI is InChI=1S/C16H16N2O4/c19-14(18-16(15(20)21)6-9-22-10-7-16)13-12-4-2-1-3-11(12)5-8-17-13/h1-5,8H,6-7,9-10H2,(H,18,19)(H,20,21). The van der Waals surface area contributed by atoms with Crippen LogP contribution in [0.1, 0.15) is 23.3 Å². The van der Waals surface area contributed by atoms with Crippen molar-refractivity contribution in [1.82, 2.24) is 10.3 Å². The number of carbonyl (C=O) groups is 2. The summed E-state index contributed by atoms with van der Waals surface area (Å²) < 4.78 is 5.20. The number of hydrogen-bond donors (Lipinski definition) is 2. The predicted octanol–water partition coefficient (Wildman–Crippen LogP) is 1.60. The Balaban J connectivity index is 1.94. The van der Waals surface area contributed by atoms with Gasteiger partial charge in [0.25, 0.3) is 5.91 Å². The fourth-order valence-corrected chi connectivity index (χ4v) is 2.69. The lowest BCUT2D eigenvalue weighted by Crippen LogP contribution is -2.57. The molecular formula is C16H16N2O4. The van der Waals surface area contributed by atoms with Crippen LogP contribution in [0.5, 0.6) is 0 Å². The van der Waals surface area contributed by atoms with Gasteiger partial charge in [-0.2, -0.15) is 0 Å². The van der Waals surface area contributed by atoms with Crippen molar-refractivity contribution in [2.75, 3.05) is 13.2 Å². The van der Waals surface area contributed by atoms with Crippen LogP contribution >= 0.6 is 0 Å². The highest BCUT2D eigenvalue weighted by Crippen LogP contribution is 2.23. The molecule has 0 atom stereocenters. The Morgan fingerprint density at radius 2 is 1.91 bits per heavy atom. The van der Waals surface area contributed by atoms with Crippen LogP contribution in [0.25, 0.3) is 10.8 Å². The molecule has 1 saturated heterocycles. The van der Waals surface area contributed by atoms with Crippen molar-refractivity contribution in [1.29, 1.82) is 0 Å². The SMILES string of the molecule is O=C(NC1(C(=O)O)CCOCC1)c1nccc2ccccc12. The van der Waals surface area contributed by atoms with Gasteiger partial charge in [-0.15, -0.1) is 0 Å². The summed E-state index contributed by atoms with van der Waals surface area (Å²) in [5, 5.41) is 13.8. The van der Waals surface area contributed by atoms with Crippen molar-refractivity contribution in [2.24, 2.45) is 0 Å². The highest BCUT2D eigenvalue weighted by molar-refractivity contribution is 6.06. The van der Waals surface area contributed by atoms with E-state index in [0.717, 1.165) is 5.39 Å². The molecular weight excluding hydrogens is 284 g/mol. The summed E-state index contributed by atoms with van der Waals surface area (Å²) in [5.74, 6) is -1.51. The third-order valence-corrected chi connectivity index (χ3v) is 4.00. The summed E-state index contributed by atoms with van der Waals surface area (Å²) in [6.07, 6.45) is 2.05. The molecule has 1 amide bonds. The fourth-order valence-electron chi connectivity index (χ4n) is 2.69. The summed E-state index contributed by atoms with van der Waals surface area (Å²) in [6.45, 7) is 0.630. The molecule has 22 heavy (non-hydrogen) atoms. The third kappa shape index (κ3) is 2.53. The van der Waals surface area contributed by atoms with E-state index in [1.807, 2.05) is 24.3 Å². The molecule has 0 spiro atoms. The highest BCUT2D eigenvalue weighted by Gasteiger charge is 2.42. The minimum Gasteiger partial charge on any atom is -0.480 e. The van der Waals surface area contributed by atoms with E-state index in [2.05, 4.69) is 10.3 Å². The first kappa shape index (κ1) is 14.5. The van der Waals surface area contributed by atoms with Gasteiger partial charge in [-0.3, -0.25) is 9.78 Å². The van der Waals surface area contributed by atoms with Gasteiger partial charge in [-0.1, -0.05) is 24.3 Å². The van der Waals surface area contributed by atoms with Gasteiger partial charge in [0, 0.05) is 37.6 Å². The van der Waals surface area contributed by atoms with E-state index in [1.165, 1.54) is 0 Å². The molecule has 0 saturated carbocycles. The number of benzene rings is 1. The van der Waals surface area contributed by atoms with Crippen molar-refractivity contribution in [3.63, 3.8) is 0 Å². The number of rotatable bonds is 3. The number of amides is 1. The first-order valence-corrected chi connectivity index (χ1v) is 7.10. The summed E-state index contributed by atoms with van der Waals surface area (Å²) in [4.78, 5) is 28.3. The lowest BCUT2D eigenvalue weighted by Gasteiger charge is -2.33. The number of pyridine rings is 1. The number of carboxylic acids is 1. The number of ether oxygens (including phenoxy) is 1. The van der Waals surface area contributed by atoms with E-state index in [4.69, 9.17) is 4.74 Å². The minimum atomic E-state index is -1.28. The molecule has 0 unspecified atom stereocenters. The maximum Gasteiger partial charge on any atom is 0.329 e. The van der Waals surface area contributed by atoms with Gasteiger partial charge in [0.2, 0.25) is 0 Å². The predicted molar refractivity (Wildman–Crippen MR) is 79.6 cm³/mol. The molecule has 2 aromatic rings. The maximum absolute atomic E-state index is 12.6. The monoisotopic (exact) mass is 300 g/mol. The molecule has 1 aliphatic heterocycles. The molecule has 0 aliphatic carbocycles. The highest BCUT2D eigenvalue weighted by atomic mass is 16.5. The topological polar surface area (TPSA) is 88.5 Å². The van der Waals surface area contributed by atoms with Gasteiger partial charge in [-0.25, -0.2) is 4.79 Å². The van der Waals surface area contributed by atoms with Crippen molar-refractivity contribution in [3.05, 3.63) is 42.2 Å². The second kappa shape index (κ2) is 5.73. The van der Waals surface area contributed by atoms with Crippen LogP contribution in [-0.4, -0.2) is 40.7 Å². The van der Waals surface area contributed by atoms with Crippen LogP contribution in [0.3, 0.4) is 0 Å². The molecule has 114 valence electrons. The zero-order chi connectivity index (χ0) is 15.6. The van der Waals surface area contributed by atoms with Gasteiger partial charge in [-0.05, 0) is 11.5 Å². The average molecular weight is 300 g/mol. The smallest absolute Gasteiger partial charge is 0.329 e. The van der Waals surface area contributed by atoms with Gasteiger partial charge in [0.15, 0.2) is 0 Å². The fraction of sp³-hybridized carbons (Fsp3) is 0.312. The lowest BCUT2D eigenvalue weighted by atomic mass is 9.90. The first-order valence-electron chi connectivity index (χ1n) is 7.10. The molecule has 1 aliphatic rings. The van der Waals surface area contributed by atoms with Crippen LogP contribution < -0.4 is 5.32 Å². The van der Waals surface area contributed by atoms with Gasteiger partial charge in [0.1, 0.15) is 11.2 Å². The van der Waals surface area contributed by atoms with E-state index in [0.29, 0.717) is 18.6 Å². The van der Waals surface area contributed by atoms with E-state index in [-0.39, 0.29) is 18.5 Å². The number of hydrogen-bond acceptors (Lipinski definition) is 4. The van der Waals surface area contributed by atoms with Crippen molar-refractivity contribution < 1.29 is 19.4 Å². The second-order valence-electron chi connectivity index (χ2n) is 5.33. The molecule has 2 heterocycles. The Labute approximate surface area is 127 Å². The summed E-state index contributed by atoms with van der Waals surface area (Å²) in [7, 11) is 0. The molecule has 0 bridgehead atoms. The van der Waals surface area contributed by atoms with Crippen LogP contribution in [0.15, 0.2) is 36.5 Å². The number of fused-ring (bicyclic) bond motifs is 1. The number of nitrogens with one attached hydrogen (secondary N) is 1. The lowest BCUT2D eigenvalue weighted by molar-refractivity contribution is -0.148. The van der Waals surface area contributed by atoms with E-state index in [9.17, 15) is 14.7 Å². The Morgan fingerprint density at radius 3 is 2.64 bits per heavy atom. The van der Waals surface area contributed by atoms with E-state index in [1.54, 1.807) is 12.3 Å². The molecule has 6 heteroatoms. The van der Waals surface area contributed by atoms with Crippen LogP contribution in [0.2, 0.25) is 0 Å². The number of aromatic nitrogens is 1. The van der Waals surface area contributed by atoms with Crippen LogP contribution in [-0.2, 0) is 9.53 Å². The van der Waals surface area contributed by atoms with Crippen molar-refractivity contribution in [2.45, 2.75) is 18.4 Å². The normalized spacial score (nSPS) is 17.1. The molecule has 1 aromatic heterocycles. The number of carboxylic acid groups (broad SMARTS) is 1. The molecule has 1 fully saturated rings. The summed E-state index contributed by atoms with van der Waals surface area (Å²) in [5.41, 5.74) is -1.04. The Morgan fingerprint density at radius 1 is 1.18 bits per heavy atom. The summed E-state index contributed by atoms with van der Waals surface area (Å²) in [6, 6.07) is 9.20. The first-order chi connectivity index (χ1) is 10.6. The Kier molecular flexibility index (Phi) is 3.77. The third-order valence-electron chi connectivity index (χ3n) is 4.00. The van der Waals surface area contributed by atoms with Gasteiger partial charge >= 0.3 is 5.97 Å². The van der Waals surface area contributed by atoms with Gasteiger partial charge < -0.3 is 15.2 Å². The second-order valence-corrected chi connectivity index (χ2v) is 5.33. The summed E-state index contributed by atoms with van der Waals surface area (Å²) >= 11 is 0. The molecule has 2 N–H and O–H groups in total. The minimum absolute atomic E-state index is 0.241. The maximum atomic E-state index is 12.6. The van der Waals surface area contributed by atoms with Gasteiger partial charge in [0.05, 0.1) is 0 Å².